The summed E-state index contributed by atoms with van der Waals surface area (Å²) in [7, 11) is -2.57. The van der Waals surface area contributed by atoms with Crippen LogP contribution in [0.2, 0.25) is 6.04 Å². The van der Waals surface area contributed by atoms with Gasteiger partial charge in [-0.05, 0) is 71.5 Å². The first-order valence-corrected chi connectivity index (χ1v) is 13.9. The minimum Gasteiger partial charge on any atom is -0.374 e. The Morgan fingerprint density at radius 1 is 1.14 bits per heavy atom. The molecule has 0 spiro atoms. The summed E-state index contributed by atoms with van der Waals surface area (Å²) >= 11 is 1.93. The van der Waals surface area contributed by atoms with Crippen LogP contribution < -0.4 is 0 Å². The molecule has 0 heterocycles. The molecular formula is C22H42O4SSi. The molecule has 0 amide bonds. The van der Waals surface area contributed by atoms with Gasteiger partial charge in [0.1, 0.15) is 5.78 Å². The van der Waals surface area contributed by atoms with Crippen LogP contribution >= 0.6 is 11.8 Å². The van der Waals surface area contributed by atoms with E-state index in [1.807, 2.05) is 32.5 Å². The second-order valence-electron chi connectivity index (χ2n) is 8.28. The molecule has 1 aliphatic carbocycles. The van der Waals surface area contributed by atoms with Crippen molar-refractivity contribution < 1.29 is 18.1 Å². The highest BCUT2D eigenvalue weighted by atomic mass is 32.2. The Kier molecular flexibility index (Phi) is 11.6. The van der Waals surface area contributed by atoms with Gasteiger partial charge in [0.05, 0.1) is 0 Å². The van der Waals surface area contributed by atoms with Crippen LogP contribution in [0.4, 0.5) is 0 Å². The molecule has 164 valence electrons. The molecule has 0 radical (unpaired) electrons. The highest BCUT2D eigenvalue weighted by Crippen LogP contribution is 2.46. The summed E-state index contributed by atoms with van der Waals surface area (Å²) in [4.78, 5) is 12.0. The lowest BCUT2D eigenvalue weighted by atomic mass is 9.71. The second kappa shape index (κ2) is 12.5. The highest BCUT2D eigenvalue weighted by Gasteiger charge is 2.40. The number of carbonyl (C=O) groups is 1. The fraction of sp³-hybridized carbons (Fsp3) is 0.864. The second-order valence-corrected chi connectivity index (χ2v) is 12.3. The van der Waals surface area contributed by atoms with E-state index < -0.39 is 8.80 Å². The van der Waals surface area contributed by atoms with Gasteiger partial charge in [-0.3, -0.25) is 4.79 Å². The Morgan fingerprint density at radius 2 is 1.71 bits per heavy atom. The third-order valence-corrected chi connectivity index (χ3v) is 9.86. The lowest BCUT2D eigenvalue weighted by Crippen LogP contribution is -2.46. The first-order valence-electron chi connectivity index (χ1n) is 10.9. The highest BCUT2D eigenvalue weighted by molar-refractivity contribution is 8.00. The van der Waals surface area contributed by atoms with Crippen molar-refractivity contribution in [2.45, 2.75) is 91.9 Å². The van der Waals surface area contributed by atoms with Crippen LogP contribution in [-0.2, 0) is 18.1 Å². The largest absolute Gasteiger partial charge is 0.500 e. The number of rotatable bonds is 14. The third-order valence-electron chi connectivity index (χ3n) is 5.38. The van der Waals surface area contributed by atoms with Crippen LogP contribution in [0.15, 0.2) is 11.1 Å². The van der Waals surface area contributed by atoms with Gasteiger partial charge in [0, 0.05) is 37.5 Å². The molecule has 0 saturated heterocycles. The number of ketones is 1. The average Bonchev–Trinajstić information content (AvgIpc) is 2.58. The van der Waals surface area contributed by atoms with Gasteiger partial charge < -0.3 is 13.3 Å². The number of hydrogen-bond acceptors (Lipinski definition) is 5. The average molecular weight is 431 g/mol. The summed E-state index contributed by atoms with van der Waals surface area (Å²) < 4.78 is 17.9. The van der Waals surface area contributed by atoms with Gasteiger partial charge in [-0.1, -0.05) is 25.0 Å². The van der Waals surface area contributed by atoms with Crippen LogP contribution in [0.1, 0.15) is 80.6 Å². The number of Topliss-reactive ketones (excluding diaryl/α,β-unsaturated/α-hetero) is 1. The molecule has 0 aromatic rings. The standard InChI is InChI=1S/C22H42O4SSi/c1-8-24-28(25-9-2,26-10-3)16-12-15-27-20(17-19(5)23)21-18(4)13-11-14-22(21,6)7/h20H,8-17H2,1-7H3. The Labute approximate surface area is 178 Å². The molecule has 0 bridgehead atoms. The molecule has 0 saturated carbocycles. The number of thioether (sulfide) groups is 1. The Morgan fingerprint density at radius 3 is 2.18 bits per heavy atom. The molecule has 1 atom stereocenters. The number of hydrogen-bond donors (Lipinski definition) is 0. The fourth-order valence-corrected chi connectivity index (χ4v) is 8.88. The smallest absolute Gasteiger partial charge is 0.374 e. The van der Waals surface area contributed by atoms with E-state index in [-0.39, 0.29) is 16.4 Å². The third kappa shape index (κ3) is 7.94. The molecule has 1 aliphatic rings. The zero-order chi connectivity index (χ0) is 21.2. The zero-order valence-electron chi connectivity index (χ0n) is 19.2. The van der Waals surface area contributed by atoms with Crippen molar-refractivity contribution in [3.63, 3.8) is 0 Å². The van der Waals surface area contributed by atoms with Gasteiger partial charge >= 0.3 is 8.80 Å². The monoisotopic (exact) mass is 430 g/mol. The van der Waals surface area contributed by atoms with Gasteiger partial charge in [-0.2, -0.15) is 11.8 Å². The van der Waals surface area contributed by atoms with E-state index in [9.17, 15) is 4.79 Å². The van der Waals surface area contributed by atoms with Crippen LogP contribution in [0, 0.1) is 5.41 Å². The van der Waals surface area contributed by atoms with Crippen molar-refractivity contribution in [3.8, 4) is 0 Å². The molecule has 0 aliphatic heterocycles. The molecule has 0 fully saturated rings. The Hall–Kier alpha value is -0.143. The minimum atomic E-state index is -2.57. The van der Waals surface area contributed by atoms with Crippen molar-refractivity contribution in [2.24, 2.45) is 5.41 Å². The van der Waals surface area contributed by atoms with E-state index >= 15 is 0 Å². The van der Waals surface area contributed by atoms with Gasteiger partial charge in [-0.25, -0.2) is 0 Å². The summed E-state index contributed by atoms with van der Waals surface area (Å²) in [6.07, 6.45) is 5.25. The van der Waals surface area contributed by atoms with Gasteiger partial charge in [0.25, 0.3) is 0 Å². The molecule has 6 heteroatoms. The number of carbonyl (C=O) groups excluding carboxylic acids is 1. The first kappa shape index (κ1) is 25.9. The van der Waals surface area contributed by atoms with Crippen LogP contribution in [0.5, 0.6) is 0 Å². The van der Waals surface area contributed by atoms with Gasteiger partial charge in [0.2, 0.25) is 0 Å². The zero-order valence-corrected chi connectivity index (χ0v) is 21.0. The summed E-state index contributed by atoms with van der Waals surface area (Å²) in [5.74, 6) is 1.27. The van der Waals surface area contributed by atoms with Gasteiger partial charge in [0.15, 0.2) is 0 Å². The maximum absolute atomic E-state index is 12.0. The molecule has 0 aromatic carbocycles. The van der Waals surface area contributed by atoms with Crippen molar-refractivity contribution >= 4 is 26.3 Å². The molecular weight excluding hydrogens is 388 g/mol. The molecule has 0 aromatic heterocycles. The molecule has 28 heavy (non-hydrogen) atoms. The summed E-state index contributed by atoms with van der Waals surface area (Å²) in [5.41, 5.74) is 3.20. The van der Waals surface area contributed by atoms with Crippen molar-refractivity contribution in [2.75, 3.05) is 25.6 Å². The van der Waals surface area contributed by atoms with Crippen LogP contribution in [0.3, 0.4) is 0 Å². The van der Waals surface area contributed by atoms with Crippen molar-refractivity contribution in [1.82, 2.24) is 0 Å². The Bertz CT molecular complexity index is 502. The minimum absolute atomic E-state index is 0.190. The molecule has 1 rings (SSSR count). The quantitative estimate of drug-likeness (QED) is 0.191. The number of allylic oxidation sites excluding steroid dienone is 1. The van der Waals surface area contributed by atoms with E-state index in [1.165, 1.54) is 30.4 Å². The first-order chi connectivity index (χ1) is 13.2. The normalized spacial score (nSPS) is 18.4. The van der Waals surface area contributed by atoms with Crippen LogP contribution in [-0.4, -0.2) is 45.4 Å². The van der Waals surface area contributed by atoms with Crippen molar-refractivity contribution in [3.05, 3.63) is 11.1 Å². The fourth-order valence-electron chi connectivity index (χ4n) is 4.37. The predicted molar refractivity (Wildman–Crippen MR) is 122 cm³/mol. The van der Waals surface area contributed by atoms with E-state index in [0.717, 1.165) is 18.2 Å². The molecule has 0 N–H and O–H groups in total. The Balaban J connectivity index is 2.79. The van der Waals surface area contributed by atoms with E-state index in [4.69, 9.17) is 13.3 Å². The van der Waals surface area contributed by atoms with E-state index in [1.54, 1.807) is 6.92 Å². The van der Waals surface area contributed by atoms with Gasteiger partial charge in [-0.15, -0.1) is 0 Å². The van der Waals surface area contributed by atoms with Crippen molar-refractivity contribution in [1.29, 1.82) is 0 Å². The maximum Gasteiger partial charge on any atom is 0.500 e. The molecule has 1 unspecified atom stereocenters. The lowest BCUT2D eigenvalue weighted by molar-refractivity contribution is -0.116. The summed E-state index contributed by atoms with van der Waals surface area (Å²) in [6, 6.07) is 0.837. The summed E-state index contributed by atoms with van der Waals surface area (Å²) in [5, 5.41) is 0.287. The van der Waals surface area contributed by atoms with E-state index in [0.29, 0.717) is 26.2 Å². The maximum atomic E-state index is 12.0. The topological polar surface area (TPSA) is 44.8 Å². The predicted octanol–water partition coefficient (Wildman–Crippen LogP) is 6.03. The SMILES string of the molecule is CCO[Si](CCCSC(CC(C)=O)C1=C(C)CCCC1(C)C)(OCC)OCC. The van der Waals surface area contributed by atoms with E-state index in [2.05, 4.69) is 20.8 Å². The van der Waals surface area contributed by atoms with Crippen LogP contribution in [0.25, 0.3) is 0 Å². The molecule has 4 nitrogen and oxygen atoms in total. The lowest BCUT2D eigenvalue weighted by Gasteiger charge is -2.39. The summed E-state index contributed by atoms with van der Waals surface area (Å²) in [6.45, 7) is 16.5.